The second-order valence-electron chi connectivity index (χ2n) is 5.80. The summed E-state index contributed by atoms with van der Waals surface area (Å²) >= 11 is 0. The summed E-state index contributed by atoms with van der Waals surface area (Å²) in [5.74, 6) is 0.595. The molecule has 9 nitrogen and oxygen atoms in total. The molecule has 0 unspecified atom stereocenters. The van der Waals surface area contributed by atoms with E-state index < -0.39 is 6.09 Å². The summed E-state index contributed by atoms with van der Waals surface area (Å²) in [5.41, 5.74) is 8.37. The monoisotopic (exact) mass is 362 g/mol. The summed E-state index contributed by atoms with van der Waals surface area (Å²) in [5, 5.41) is 8.41. The smallest absolute Gasteiger partial charge is 0.390 e. The zero-order chi connectivity index (χ0) is 19.0. The van der Waals surface area contributed by atoms with Crippen molar-refractivity contribution in [2.75, 3.05) is 0 Å². The van der Waals surface area contributed by atoms with Crippen LogP contribution in [0.2, 0.25) is 0 Å². The molecule has 0 bridgehead atoms. The van der Waals surface area contributed by atoms with Crippen molar-refractivity contribution in [3.63, 3.8) is 0 Å². The number of carbonyl (C=O) groups excluding carboxylic acids is 2. The minimum atomic E-state index is -0.960. The molecule has 4 aromatic heterocycles. The van der Waals surface area contributed by atoms with Gasteiger partial charge in [-0.3, -0.25) is 4.79 Å². The van der Waals surface area contributed by atoms with Gasteiger partial charge in [0.25, 0.3) is 0 Å². The van der Waals surface area contributed by atoms with Crippen molar-refractivity contribution in [1.82, 2.24) is 24.4 Å². The quantitative estimate of drug-likeness (QED) is 0.556. The van der Waals surface area contributed by atoms with Crippen LogP contribution in [0.5, 0.6) is 5.88 Å². The third-order valence-corrected chi connectivity index (χ3v) is 3.96. The van der Waals surface area contributed by atoms with E-state index in [2.05, 4.69) is 15.2 Å². The van der Waals surface area contributed by atoms with Crippen LogP contribution >= 0.6 is 0 Å². The molecule has 1 amide bonds. The zero-order valence-electron chi connectivity index (χ0n) is 14.2. The average molecular weight is 362 g/mol. The lowest BCUT2D eigenvalue weighted by Crippen LogP contribution is -2.16. The minimum Gasteiger partial charge on any atom is -0.390 e. The first-order valence-electron chi connectivity index (χ1n) is 7.99. The molecule has 0 fully saturated rings. The molecule has 4 aromatic rings. The summed E-state index contributed by atoms with van der Waals surface area (Å²) in [4.78, 5) is 26.8. The molecule has 2 N–H and O–H groups in total. The number of hydrogen-bond donors (Lipinski definition) is 1. The van der Waals surface area contributed by atoms with E-state index >= 15 is 0 Å². The molecule has 4 rings (SSSR count). The number of pyridine rings is 2. The van der Waals surface area contributed by atoms with Gasteiger partial charge < -0.3 is 10.5 Å². The maximum atomic E-state index is 11.2. The van der Waals surface area contributed by atoms with Crippen molar-refractivity contribution in [2.45, 2.75) is 6.92 Å². The predicted molar refractivity (Wildman–Crippen MR) is 95.9 cm³/mol. The van der Waals surface area contributed by atoms with Crippen molar-refractivity contribution in [3.05, 3.63) is 60.0 Å². The lowest BCUT2D eigenvalue weighted by molar-refractivity contribution is 0.112. The van der Waals surface area contributed by atoms with Gasteiger partial charge in [-0.15, -0.1) is 5.10 Å². The molecule has 134 valence electrons. The molecule has 0 radical (unpaired) electrons. The van der Waals surface area contributed by atoms with Gasteiger partial charge in [0.05, 0.1) is 23.0 Å². The topological polar surface area (TPSA) is 117 Å². The third kappa shape index (κ3) is 3.01. The Morgan fingerprint density at radius 3 is 2.85 bits per heavy atom. The number of rotatable bonds is 4. The Kier molecular flexibility index (Phi) is 3.88. The van der Waals surface area contributed by atoms with E-state index in [4.69, 9.17) is 10.5 Å². The van der Waals surface area contributed by atoms with E-state index in [9.17, 15) is 9.59 Å². The van der Waals surface area contributed by atoms with E-state index in [1.54, 1.807) is 33.6 Å². The lowest BCUT2D eigenvalue weighted by Gasteiger charge is -2.07. The fourth-order valence-electron chi connectivity index (χ4n) is 2.79. The largest absolute Gasteiger partial charge is 0.411 e. The number of nitrogens with two attached hydrogens (primary N) is 1. The van der Waals surface area contributed by atoms with Crippen LogP contribution in [-0.4, -0.2) is 36.8 Å². The highest BCUT2D eigenvalue weighted by Gasteiger charge is 2.16. The number of aldehydes is 1. The molecule has 0 atom stereocenters. The molecule has 0 aliphatic heterocycles. The van der Waals surface area contributed by atoms with Gasteiger partial charge in [0, 0.05) is 23.5 Å². The van der Waals surface area contributed by atoms with E-state index in [-0.39, 0.29) is 5.88 Å². The summed E-state index contributed by atoms with van der Waals surface area (Å²) in [6.45, 7) is 1.86. The van der Waals surface area contributed by atoms with Gasteiger partial charge in [-0.1, -0.05) is 6.07 Å². The van der Waals surface area contributed by atoms with Crippen LogP contribution in [0.1, 0.15) is 16.1 Å². The number of ether oxygens (including phenoxy) is 1. The maximum absolute atomic E-state index is 11.2. The second-order valence-corrected chi connectivity index (χ2v) is 5.80. The number of nitrogens with zero attached hydrogens (tertiary/aromatic N) is 5. The molecular weight excluding hydrogens is 348 g/mol. The van der Waals surface area contributed by atoms with Crippen molar-refractivity contribution in [1.29, 1.82) is 0 Å². The molecule has 4 heterocycles. The lowest BCUT2D eigenvalue weighted by atomic mass is 10.1. The number of aromatic nitrogens is 5. The molecule has 0 aliphatic rings. The van der Waals surface area contributed by atoms with Gasteiger partial charge in [0.2, 0.25) is 5.88 Å². The van der Waals surface area contributed by atoms with Crippen LogP contribution in [0.15, 0.2) is 48.8 Å². The van der Waals surface area contributed by atoms with Gasteiger partial charge in [0.15, 0.2) is 12.1 Å². The minimum absolute atomic E-state index is 0.0461. The Morgan fingerprint density at radius 1 is 1.26 bits per heavy atom. The number of carbonyl (C=O) groups is 2. The Hall–Kier alpha value is -4.01. The standard InChI is InChI=1S/C18H14N6O3/c1-11-3-2-4-16(21-11)24-15(8-17(22-24)27-18(19)26)12-5-6-23-14(7-12)13(10-25)9-20-23/h2-10H,1H3,(H2,19,26). The number of primary amides is 1. The molecule has 0 saturated carbocycles. The third-order valence-electron chi connectivity index (χ3n) is 3.96. The van der Waals surface area contributed by atoms with Crippen LogP contribution in [0.4, 0.5) is 4.79 Å². The highest BCUT2D eigenvalue weighted by atomic mass is 16.6. The molecule has 0 aromatic carbocycles. The summed E-state index contributed by atoms with van der Waals surface area (Å²) in [6, 6.07) is 10.7. The fourth-order valence-corrected chi connectivity index (χ4v) is 2.79. The second kappa shape index (κ2) is 6.37. The zero-order valence-corrected chi connectivity index (χ0v) is 14.2. The molecule has 0 aliphatic carbocycles. The van der Waals surface area contributed by atoms with Gasteiger partial charge in [0.1, 0.15) is 0 Å². The van der Waals surface area contributed by atoms with E-state index in [0.29, 0.717) is 22.6 Å². The van der Waals surface area contributed by atoms with E-state index in [1.807, 2.05) is 25.1 Å². The Balaban J connectivity index is 1.91. The van der Waals surface area contributed by atoms with Crippen molar-refractivity contribution < 1.29 is 14.3 Å². The molecule has 0 saturated heterocycles. The van der Waals surface area contributed by atoms with Crippen LogP contribution < -0.4 is 10.5 Å². The summed E-state index contributed by atoms with van der Waals surface area (Å²) < 4.78 is 8.08. The highest BCUT2D eigenvalue weighted by Crippen LogP contribution is 2.28. The highest BCUT2D eigenvalue weighted by molar-refractivity contribution is 5.87. The number of fused-ring (bicyclic) bond motifs is 1. The Labute approximate surface area is 153 Å². The van der Waals surface area contributed by atoms with Crippen LogP contribution in [-0.2, 0) is 0 Å². The molecule has 9 heteroatoms. The SMILES string of the molecule is Cc1cccc(-n2nc(OC(N)=O)cc2-c2ccn3ncc(C=O)c3c2)n1. The van der Waals surface area contributed by atoms with Crippen molar-refractivity contribution in [3.8, 4) is 23.0 Å². The van der Waals surface area contributed by atoms with Crippen LogP contribution in [0, 0.1) is 6.92 Å². The first kappa shape index (κ1) is 16.5. The first-order valence-corrected chi connectivity index (χ1v) is 7.99. The Bertz CT molecular complexity index is 1180. The first-order chi connectivity index (χ1) is 13.0. The van der Waals surface area contributed by atoms with Gasteiger partial charge in [-0.05, 0) is 31.2 Å². The average Bonchev–Trinajstić information content (AvgIpc) is 3.24. The molecule has 0 spiro atoms. The van der Waals surface area contributed by atoms with Gasteiger partial charge in [-0.2, -0.15) is 5.10 Å². The molecule has 27 heavy (non-hydrogen) atoms. The van der Waals surface area contributed by atoms with Crippen molar-refractivity contribution >= 4 is 17.9 Å². The predicted octanol–water partition coefficient (Wildman–Crippen LogP) is 2.16. The molecular formula is C18H14N6O3. The summed E-state index contributed by atoms with van der Waals surface area (Å²) in [6.07, 6.45) is 3.01. The van der Waals surface area contributed by atoms with Gasteiger partial charge >= 0.3 is 6.09 Å². The van der Waals surface area contributed by atoms with Crippen LogP contribution in [0.25, 0.3) is 22.6 Å². The van der Waals surface area contributed by atoms with Crippen molar-refractivity contribution in [2.24, 2.45) is 5.73 Å². The Morgan fingerprint density at radius 2 is 2.11 bits per heavy atom. The van der Waals surface area contributed by atoms with E-state index in [1.165, 1.54) is 6.20 Å². The maximum Gasteiger partial charge on any atom is 0.411 e. The van der Waals surface area contributed by atoms with Gasteiger partial charge in [-0.25, -0.2) is 19.0 Å². The normalized spacial score (nSPS) is 10.9. The summed E-state index contributed by atoms with van der Waals surface area (Å²) in [7, 11) is 0. The van der Waals surface area contributed by atoms with E-state index in [0.717, 1.165) is 17.5 Å². The van der Waals surface area contributed by atoms with Crippen LogP contribution in [0.3, 0.4) is 0 Å². The number of aryl methyl sites for hydroxylation is 1. The fraction of sp³-hybridized carbons (Fsp3) is 0.0556. The number of amides is 1. The number of hydrogen-bond acceptors (Lipinski definition) is 6.